The lowest BCUT2D eigenvalue weighted by Crippen LogP contribution is -2.33. The van der Waals surface area contributed by atoms with Crippen LogP contribution in [-0.2, 0) is 22.4 Å². The predicted octanol–water partition coefficient (Wildman–Crippen LogP) is 2.30. The summed E-state index contributed by atoms with van der Waals surface area (Å²) in [6, 6.07) is 0.422. The number of thiazole rings is 1. The Hall–Kier alpha value is -0.690. The molecular weight excluding hydrogens is 286 g/mol. The molecule has 0 atom stereocenters. The molecule has 0 fully saturated rings. The molecule has 0 bridgehead atoms. The SMILES string of the molecule is CCc1nc(N(CCOC)C(C)C)sc1CNCCOC. The van der Waals surface area contributed by atoms with Crippen LogP contribution in [0.1, 0.15) is 31.3 Å². The van der Waals surface area contributed by atoms with Gasteiger partial charge in [0.2, 0.25) is 0 Å². The molecule has 21 heavy (non-hydrogen) atoms. The van der Waals surface area contributed by atoms with Crippen molar-refractivity contribution in [2.24, 2.45) is 0 Å². The van der Waals surface area contributed by atoms with Crippen LogP contribution in [0.3, 0.4) is 0 Å². The lowest BCUT2D eigenvalue weighted by atomic mass is 10.3. The number of ether oxygens (including phenoxy) is 2. The molecule has 5 nitrogen and oxygen atoms in total. The molecular formula is C15H29N3O2S. The highest BCUT2D eigenvalue weighted by molar-refractivity contribution is 7.15. The van der Waals surface area contributed by atoms with E-state index in [2.05, 4.69) is 31.0 Å². The summed E-state index contributed by atoms with van der Waals surface area (Å²) in [5.41, 5.74) is 1.20. The number of hydrogen-bond donors (Lipinski definition) is 1. The first-order valence-electron chi connectivity index (χ1n) is 7.57. The third-order valence-electron chi connectivity index (χ3n) is 3.28. The summed E-state index contributed by atoms with van der Waals surface area (Å²) in [7, 11) is 3.46. The van der Waals surface area contributed by atoms with Gasteiger partial charge in [0, 0.05) is 44.8 Å². The Morgan fingerprint density at radius 2 is 1.95 bits per heavy atom. The fraction of sp³-hybridized carbons (Fsp3) is 0.800. The van der Waals surface area contributed by atoms with Crippen molar-refractivity contribution in [1.29, 1.82) is 0 Å². The minimum atomic E-state index is 0.422. The molecule has 6 heteroatoms. The standard InChI is InChI=1S/C15H29N3O2S/c1-6-13-14(11-16-7-9-19-4)21-15(17-13)18(12(2)3)8-10-20-5/h12,16H,6-11H2,1-5H3. The molecule has 0 saturated carbocycles. The van der Waals surface area contributed by atoms with Crippen LogP contribution in [-0.4, -0.2) is 51.5 Å². The zero-order chi connectivity index (χ0) is 15.7. The van der Waals surface area contributed by atoms with Gasteiger partial charge in [0.1, 0.15) is 0 Å². The average molecular weight is 315 g/mol. The molecule has 1 aromatic heterocycles. The number of hydrogen-bond acceptors (Lipinski definition) is 6. The van der Waals surface area contributed by atoms with Crippen LogP contribution in [0.5, 0.6) is 0 Å². The summed E-state index contributed by atoms with van der Waals surface area (Å²) in [6.07, 6.45) is 0.966. The highest BCUT2D eigenvalue weighted by Gasteiger charge is 2.17. The number of anilines is 1. The Balaban J connectivity index is 2.75. The van der Waals surface area contributed by atoms with E-state index in [-0.39, 0.29) is 0 Å². The molecule has 1 N–H and O–H groups in total. The van der Waals surface area contributed by atoms with Crippen LogP contribution in [0, 0.1) is 0 Å². The zero-order valence-corrected chi connectivity index (χ0v) is 14.8. The summed E-state index contributed by atoms with van der Waals surface area (Å²) < 4.78 is 10.3. The number of nitrogens with one attached hydrogen (secondary N) is 1. The van der Waals surface area contributed by atoms with E-state index in [0.717, 1.165) is 44.4 Å². The summed E-state index contributed by atoms with van der Waals surface area (Å²) in [5.74, 6) is 0. The van der Waals surface area contributed by atoms with Crippen LogP contribution in [0.2, 0.25) is 0 Å². The van der Waals surface area contributed by atoms with Gasteiger partial charge in [-0.05, 0) is 20.3 Å². The van der Waals surface area contributed by atoms with Crippen molar-refractivity contribution in [1.82, 2.24) is 10.3 Å². The summed E-state index contributed by atoms with van der Waals surface area (Å²) in [4.78, 5) is 8.46. The molecule has 0 aliphatic carbocycles. The predicted molar refractivity (Wildman–Crippen MR) is 89.4 cm³/mol. The first-order valence-corrected chi connectivity index (χ1v) is 8.39. The largest absolute Gasteiger partial charge is 0.383 e. The number of aromatic nitrogens is 1. The minimum absolute atomic E-state index is 0.422. The number of nitrogens with zero attached hydrogens (tertiary/aromatic N) is 2. The van der Waals surface area contributed by atoms with Gasteiger partial charge >= 0.3 is 0 Å². The molecule has 0 saturated heterocycles. The maximum atomic E-state index is 5.21. The first kappa shape index (κ1) is 18.4. The third-order valence-corrected chi connectivity index (χ3v) is 4.41. The zero-order valence-electron chi connectivity index (χ0n) is 13.9. The molecule has 0 radical (unpaired) electrons. The van der Waals surface area contributed by atoms with E-state index in [9.17, 15) is 0 Å². The van der Waals surface area contributed by atoms with Crippen molar-refractivity contribution < 1.29 is 9.47 Å². The molecule has 0 aromatic carbocycles. The van der Waals surface area contributed by atoms with Crippen LogP contribution in [0.15, 0.2) is 0 Å². The van der Waals surface area contributed by atoms with Crippen molar-refractivity contribution in [2.75, 3.05) is 45.4 Å². The molecule has 0 aliphatic heterocycles. The molecule has 0 aliphatic rings. The van der Waals surface area contributed by atoms with Gasteiger partial charge in [-0.15, -0.1) is 11.3 Å². The summed E-state index contributed by atoms with van der Waals surface area (Å²) >= 11 is 1.78. The lowest BCUT2D eigenvalue weighted by Gasteiger charge is -2.25. The van der Waals surface area contributed by atoms with E-state index in [0.29, 0.717) is 6.04 Å². The Morgan fingerprint density at radius 1 is 1.24 bits per heavy atom. The Morgan fingerprint density at radius 3 is 2.52 bits per heavy atom. The van der Waals surface area contributed by atoms with Crippen molar-refractivity contribution in [3.63, 3.8) is 0 Å². The lowest BCUT2D eigenvalue weighted by molar-refractivity contribution is 0.199. The van der Waals surface area contributed by atoms with E-state index >= 15 is 0 Å². The highest BCUT2D eigenvalue weighted by Crippen LogP contribution is 2.28. The van der Waals surface area contributed by atoms with Gasteiger partial charge in [-0.25, -0.2) is 4.98 Å². The average Bonchev–Trinajstić information content (AvgIpc) is 2.86. The van der Waals surface area contributed by atoms with E-state index in [1.165, 1.54) is 10.6 Å². The number of methoxy groups -OCH3 is 2. The van der Waals surface area contributed by atoms with Crippen molar-refractivity contribution >= 4 is 16.5 Å². The van der Waals surface area contributed by atoms with E-state index < -0.39 is 0 Å². The van der Waals surface area contributed by atoms with Gasteiger partial charge in [-0.3, -0.25) is 0 Å². The maximum Gasteiger partial charge on any atom is 0.186 e. The Kier molecular flexibility index (Phi) is 8.84. The van der Waals surface area contributed by atoms with Gasteiger partial charge in [-0.1, -0.05) is 6.92 Å². The van der Waals surface area contributed by atoms with Gasteiger partial charge in [-0.2, -0.15) is 0 Å². The highest BCUT2D eigenvalue weighted by atomic mass is 32.1. The van der Waals surface area contributed by atoms with E-state index in [4.69, 9.17) is 14.5 Å². The van der Waals surface area contributed by atoms with Crippen LogP contribution in [0.4, 0.5) is 5.13 Å². The van der Waals surface area contributed by atoms with Crippen molar-refractivity contribution in [2.45, 2.75) is 39.8 Å². The minimum Gasteiger partial charge on any atom is -0.383 e. The smallest absolute Gasteiger partial charge is 0.186 e. The maximum absolute atomic E-state index is 5.21. The summed E-state index contributed by atoms with van der Waals surface area (Å²) in [6.45, 7) is 10.6. The molecule has 0 spiro atoms. The van der Waals surface area contributed by atoms with Gasteiger partial charge in [0.05, 0.1) is 18.9 Å². The topological polar surface area (TPSA) is 46.6 Å². The Bertz CT molecular complexity index is 396. The second kappa shape index (κ2) is 10.1. The van der Waals surface area contributed by atoms with Gasteiger partial charge < -0.3 is 19.7 Å². The fourth-order valence-corrected chi connectivity index (χ4v) is 3.33. The molecule has 1 rings (SSSR count). The second-order valence-electron chi connectivity index (χ2n) is 5.17. The van der Waals surface area contributed by atoms with E-state index in [1.807, 2.05) is 0 Å². The third kappa shape index (κ3) is 5.90. The summed E-state index contributed by atoms with van der Waals surface area (Å²) in [5, 5.41) is 4.50. The normalized spacial score (nSPS) is 11.3. The van der Waals surface area contributed by atoms with Crippen molar-refractivity contribution in [3.8, 4) is 0 Å². The Labute approximate surface area is 132 Å². The quantitative estimate of drug-likeness (QED) is 0.635. The fourth-order valence-electron chi connectivity index (χ4n) is 2.05. The molecule has 122 valence electrons. The monoisotopic (exact) mass is 315 g/mol. The van der Waals surface area contributed by atoms with Crippen LogP contribution >= 0.6 is 11.3 Å². The second-order valence-corrected chi connectivity index (χ2v) is 6.23. The molecule has 1 aromatic rings. The van der Waals surface area contributed by atoms with Crippen LogP contribution < -0.4 is 10.2 Å². The van der Waals surface area contributed by atoms with E-state index in [1.54, 1.807) is 25.6 Å². The van der Waals surface area contributed by atoms with Gasteiger partial charge in [0.15, 0.2) is 5.13 Å². The molecule has 0 amide bonds. The van der Waals surface area contributed by atoms with Crippen LogP contribution in [0.25, 0.3) is 0 Å². The van der Waals surface area contributed by atoms with Gasteiger partial charge in [0.25, 0.3) is 0 Å². The number of rotatable bonds is 11. The molecule has 0 unspecified atom stereocenters. The van der Waals surface area contributed by atoms with Crippen molar-refractivity contribution in [3.05, 3.63) is 10.6 Å². The molecule has 1 heterocycles. The first-order chi connectivity index (χ1) is 10.1. The number of aryl methyl sites for hydroxylation is 1.